The predicted octanol–water partition coefficient (Wildman–Crippen LogP) is 6.67. The fourth-order valence-corrected chi connectivity index (χ4v) is 5.31. The first-order chi connectivity index (χ1) is 26.3. The van der Waals surface area contributed by atoms with Crippen molar-refractivity contribution in [1.29, 1.82) is 0 Å². The fraction of sp³-hybridized carbons (Fsp3) is 0.359. The van der Waals surface area contributed by atoms with Crippen LogP contribution in [0.15, 0.2) is 98.6 Å². The van der Waals surface area contributed by atoms with E-state index in [1.165, 1.54) is 4.68 Å². The molecule has 7 aromatic heterocycles. The number of nitrogens with zero attached hydrogens (tertiary/aromatic N) is 9. The lowest BCUT2D eigenvalue weighted by Crippen LogP contribution is -2.41. The van der Waals surface area contributed by atoms with Gasteiger partial charge in [-0.15, -0.1) is 0 Å². The van der Waals surface area contributed by atoms with Crippen LogP contribution in [0.1, 0.15) is 69.2 Å². The molecule has 1 N–H and O–H groups in total. The van der Waals surface area contributed by atoms with Gasteiger partial charge in [0.05, 0.1) is 23.6 Å². The van der Waals surface area contributed by atoms with Crippen LogP contribution in [0.25, 0.3) is 33.5 Å². The molecule has 1 aliphatic rings. The molecule has 7 aromatic rings. The number of ether oxygens (including phenoxy) is 2. The van der Waals surface area contributed by atoms with Crippen LogP contribution in [0.3, 0.4) is 0 Å². The van der Waals surface area contributed by atoms with Crippen LogP contribution in [0.4, 0.5) is 9.59 Å². The highest BCUT2D eigenvalue weighted by atomic mass is 16.7. The Balaban J connectivity index is 0.000000145. The zero-order chi connectivity index (χ0) is 40.5. The molecular weight excluding hydrogens is 715 g/mol. The molecule has 0 spiro atoms. The normalized spacial score (nSPS) is 14.9. The molecule has 8 rings (SSSR count). The van der Waals surface area contributed by atoms with Gasteiger partial charge < -0.3 is 27.6 Å². The van der Waals surface area contributed by atoms with Gasteiger partial charge in [0, 0.05) is 78.6 Å². The summed E-state index contributed by atoms with van der Waals surface area (Å²) >= 11 is 0. The highest BCUT2D eigenvalue weighted by Gasteiger charge is 2.52. The van der Waals surface area contributed by atoms with Crippen molar-refractivity contribution < 1.29 is 28.4 Å². The Labute approximate surface area is 324 Å². The van der Waals surface area contributed by atoms with E-state index in [9.17, 15) is 9.59 Å². The predicted molar refractivity (Wildman–Crippen MR) is 210 cm³/mol. The largest absolute Gasteiger partial charge is 0.498 e. The van der Waals surface area contributed by atoms with Gasteiger partial charge in [-0.25, -0.2) is 19.6 Å². The lowest BCUT2D eigenvalue weighted by molar-refractivity contribution is 0.00578. The highest BCUT2D eigenvalue weighted by Crippen LogP contribution is 2.36. The topological polar surface area (TPSA) is 170 Å². The maximum absolute atomic E-state index is 11.9. The maximum atomic E-state index is 11.9. The van der Waals surface area contributed by atoms with E-state index in [-0.39, 0.29) is 0 Å². The standard InChI is InChI=1S/C15H16N4O2.C14H23BN2O4.C10H8N4/c1-15(2,3)21-14(20)19-10-12(9-17-19)11-4-6-18-7-5-16-13(18)8-11;1-12(2,3)19-11(18)17-9-10(8-16-17)15-20-13(4,5)14(6,7)21-15;1-3-14-4-2-11-10(14)5-8(1)9-6-12-13-7-9/h4-10H,1-3H3;8-9H,1-7H3;1-7H,(H,12,13). The Morgan fingerprint density at radius 1 is 0.679 bits per heavy atom. The van der Waals surface area contributed by atoms with Crippen LogP contribution in [-0.4, -0.2) is 90.2 Å². The molecule has 1 fully saturated rings. The Hall–Kier alpha value is -6.07. The number of aromatic amines is 1. The maximum Gasteiger partial charge on any atom is 0.498 e. The second-order valence-electron chi connectivity index (χ2n) is 16.1. The van der Waals surface area contributed by atoms with Gasteiger partial charge in [0.15, 0.2) is 0 Å². The van der Waals surface area contributed by atoms with Gasteiger partial charge in [0.1, 0.15) is 22.5 Å². The number of nitrogens with one attached hydrogen (secondary N) is 1. The van der Waals surface area contributed by atoms with Crippen molar-refractivity contribution in [1.82, 2.24) is 48.5 Å². The van der Waals surface area contributed by atoms with Crippen LogP contribution < -0.4 is 5.46 Å². The first-order valence-electron chi connectivity index (χ1n) is 18.0. The van der Waals surface area contributed by atoms with Crippen molar-refractivity contribution >= 4 is 36.1 Å². The molecule has 0 radical (unpaired) electrons. The quantitative estimate of drug-likeness (QED) is 0.191. The first kappa shape index (κ1) is 39.6. The van der Waals surface area contributed by atoms with E-state index >= 15 is 0 Å². The summed E-state index contributed by atoms with van der Waals surface area (Å²) in [6, 6.07) is 7.96. The number of imidazole rings is 2. The van der Waals surface area contributed by atoms with Gasteiger partial charge in [-0.3, -0.25) is 5.10 Å². The minimum absolute atomic E-state index is 0.425. The zero-order valence-corrected chi connectivity index (χ0v) is 33.3. The third-order valence-corrected chi connectivity index (χ3v) is 8.83. The summed E-state index contributed by atoms with van der Waals surface area (Å²) in [4.78, 5) is 32.3. The molecule has 0 aromatic carbocycles. The molecule has 1 aliphatic heterocycles. The summed E-state index contributed by atoms with van der Waals surface area (Å²) in [5, 5.41) is 14.8. The smallest absolute Gasteiger partial charge is 0.442 e. The molecule has 17 heteroatoms. The molecule has 0 bridgehead atoms. The minimum atomic E-state index is -0.562. The van der Waals surface area contributed by atoms with Crippen molar-refractivity contribution in [2.24, 2.45) is 0 Å². The number of aromatic nitrogens is 10. The second-order valence-corrected chi connectivity index (χ2v) is 16.1. The average Bonchev–Trinajstić information content (AvgIpc) is 3.96. The third-order valence-electron chi connectivity index (χ3n) is 8.83. The van der Waals surface area contributed by atoms with E-state index in [4.69, 9.17) is 18.8 Å². The lowest BCUT2D eigenvalue weighted by Gasteiger charge is -2.32. The summed E-state index contributed by atoms with van der Waals surface area (Å²) in [6.45, 7) is 18.8. The molecule has 0 amide bonds. The Bertz CT molecular complexity index is 2410. The van der Waals surface area contributed by atoms with Crippen molar-refractivity contribution in [2.75, 3.05) is 0 Å². The Kier molecular flexibility index (Phi) is 10.8. The van der Waals surface area contributed by atoms with E-state index in [1.807, 2.05) is 133 Å². The van der Waals surface area contributed by atoms with E-state index in [2.05, 4.69) is 30.4 Å². The molecule has 0 saturated carbocycles. The van der Waals surface area contributed by atoms with Gasteiger partial charge in [-0.1, -0.05) is 0 Å². The van der Waals surface area contributed by atoms with Crippen LogP contribution in [-0.2, 0) is 18.8 Å². The van der Waals surface area contributed by atoms with E-state index in [1.54, 1.807) is 43.4 Å². The second kappa shape index (κ2) is 15.2. The number of hydrogen-bond donors (Lipinski definition) is 1. The number of carbonyl (C=O) groups excluding carboxylic acids is 2. The van der Waals surface area contributed by atoms with Crippen LogP contribution in [0.2, 0.25) is 0 Å². The number of rotatable bonds is 3. The Morgan fingerprint density at radius 3 is 1.68 bits per heavy atom. The zero-order valence-electron chi connectivity index (χ0n) is 33.3. The summed E-state index contributed by atoms with van der Waals surface area (Å²) in [7, 11) is -0.536. The van der Waals surface area contributed by atoms with Crippen LogP contribution >= 0.6 is 0 Å². The molecule has 292 valence electrons. The van der Waals surface area contributed by atoms with Gasteiger partial charge in [0.25, 0.3) is 0 Å². The first-order valence-corrected chi connectivity index (χ1v) is 18.0. The molecule has 1 saturated heterocycles. The summed E-state index contributed by atoms with van der Waals surface area (Å²) in [5.74, 6) is 0. The summed E-state index contributed by atoms with van der Waals surface area (Å²) < 4.78 is 28.6. The van der Waals surface area contributed by atoms with Gasteiger partial charge in [0.2, 0.25) is 0 Å². The molecule has 16 nitrogen and oxygen atoms in total. The van der Waals surface area contributed by atoms with Crippen molar-refractivity contribution in [2.45, 2.75) is 91.6 Å². The minimum Gasteiger partial charge on any atom is -0.442 e. The van der Waals surface area contributed by atoms with Crippen molar-refractivity contribution in [3.05, 3.63) is 98.6 Å². The Morgan fingerprint density at radius 2 is 1.18 bits per heavy atom. The number of pyridine rings is 2. The number of H-pyrrole nitrogens is 1. The number of carbonyl (C=O) groups is 2. The average molecular weight is 763 g/mol. The number of hydrogen-bond acceptors (Lipinski definition) is 11. The van der Waals surface area contributed by atoms with E-state index in [0.717, 1.165) is 38.2 Å². The molecule has 0 atom stereocenters. The lowest BCUT2D eigenvalue weighted by atomic mass is 9.82. The molecule has 8 heterocycles. The summed E-state index contributed by atoms with van der Waals surface area (Å²) in [5.41, 5.74) is 4.52. The SMILES string of the molecule is CC(C)(C)OC(=O)n1cc(-c2ccn3ccnc3c2)cn1.CC(C)(C)OC(=O)n1cc(B2OC(C)(C)C(C)(C)O2)cn1.c1cn2ccc(-c3cn[nH]c3)cc2n1. The van der Waals surface area contributed by atoms with Gasteiger partial charge in [-0.2, -0.15) is 24.7 Å². The molecule has 0 unspecified atom stereocenters. The third kappa shape index (κ3) is 9.41. The van der Waals surface area contributed by atoms with Crippen LogP contribution in [0.5, 0.6) is 0 Å². The van der Waals surface area contributed by atoms with Crippen molar-refractivity contribution in [3.63, 3.8) is 0 Å². The molecule has 0 aliphatic carbocycles. The monoisotopic (exact) mass is 762 g/mol. The molecule has 56 heavy (non-hydrogen) atoms. The fourth-order valence-electron chi connectivity index (χ4n) is 5.31. The van der Waals surface area contributed by atoms with Crippen molar-refractivity contribution in [3.8, 4) is 22.3 Å². The highest BCUT2D eigenvalue weighted by molar-refractivity contribution is 6.62. The number of fused-ring (bicyclic) bond motifs is 2. The van der Waals surface area contributed by atoms with Gasteiger partial charge >= 0.3 is 19.3 Å². The van der Waals surface area contributed by atoms with E-state index in [0.29, 0.717) is 5.46 Å². The van der Waals surface area contributed by atoms with Crippen LogP contribution in [0, 0.1) is 0 Å². The van der Waals surface area contributed by atoms with E-state index < -0.39 is 41.7 Å². The van der Waals surface area contributed by atoms with Gasteiger partial charge in [-0.05, 0) is 105 Å². The molecular formula is C39H47BN10O6. The summed E-state index contributed by atoms with van der Waals surface area (Å²) in [6.07, 6.45) is 20.3.